The summed E-state index contributed by atoms with van der Waals surface area (Å²) in [6.07, 6.45) is 0.405. The number of para-hydroxylation sites is 1. The van der Waals surface area contributed by atoms with Crippen LogP contribution in [0.1, 0.15) is 11.3 Å². The fourth-order valence-corrected chi connectivity index (χ4v) is 3.12. The van der Waals surface area contributed by atoms with Gasteiger partial charge in [-0.1, -0.05) is 48.0 Å². The van der Waals surface area contributed by atoms with Gasteiger partial charge in [0.1, 0.15) is 23.6 Å². The Morgan fingerprint density at radius 2 is 1.81 bits per heavy atom. The molecule has 0 spiro atoms. The molecule has 0 saturated heterocycles. The monoisotopic (exact) mass is 439 g/mol. The number of hydrogen-bond donors (Lipinski definition) is 3. The highest BCUT2D eigenvalue weighted by atomic mass is 35.5. The Hall–Kier alpha value is -2.93. The number of amides is 1. The molecule has 1 atom stereocenters. The molecule has 0 bridgehead atoms. The third kappa shape index (κ3) is 8.38. The molecule has 1 aromatic heterocycles. The average Bonchev–Trinajstić information content (AvgIpc) is 2.77. The number of aliphatic hydroxyl groups excluding tert-OH is 1. The van der Waals surface area contributed by atoms with Gasteiger partial charge in [0.05, 0.1) is 12.1 Å². The topological polar surface area (TPSA) is 83.5 Å². The standard InChI is InChI=1S/C24H26ClN3O3/c25-23-8-4-5-20(27-23)15-24(30)28-19-11-9-18(10-12-19)13-14-26-16-21(29)17-31-22-6-2-1-3-7-22/h1-12,21,26,29H,13-17H2,(H,28,30)/t21-/m0/s1. The minimum absolute atomic E-state index is 0.143. The quantitative estimate of drug-likeness (QED) is 0.314. The van der Waals surface area contributed by atoms with Gasteiger partial charge in [-0.3, -0.25) is 4.79 Å². The Bertz CT molecular complexity index is 952. The number of nitrogens with zero attached hydrogens (tertiary/aromatic N) is 1. The zero-order valence-electron chi connectivity index (χ0n) is 17.1. The van der Waals surface area contributed by atoms with Crippen LogP contribution in [0.25, 0.3) is 0 Å². The van der Waals surface area contributed by atoms with Crippen LogP contribution in [0.5, 0.6) is 5.75 Å². The fraction of sp³-hybridized carbons (Fsp3) is 0.250. The second-order valence-electron chi connectivity index (χ2n) is 7.11. The number of hydrogen-bond acceptors (Lipinski definition) is 5. The van der Waals surface area contributed by atoms with Crippen LogP contribution in [0.3, 0.4) is 0 Å². The molecule has 3 aromatic rings. The van der Waals surface area contributed by atoms with Crippen LogP contribution < -0.4 is 15.4 Å². The predicted molar refractivity (Wildman–Crippen MR) is 123 cm³/mol. The van der Waals surface area contributed by atoms with E-state index in [9.17, 15) is 9.90 Å². The van der Waals surface area contributed by atoms with E-state index in [1.165, 1.54) is 0 Å². The van der Waals surface area contributed by atoms with Crippen molar-refractivity contribution in [2.24, 2.45) is 0 Å². The highest BCUT2D eigenvalue weighted by molar-refractivity contribution is 6.29. The summed E-state index contributed by atoms with van der Waals surface area (Å²) >= 11 is 5.85. The number of rotatable bonds is 11. The zero-order chi connectivity index (χ0) is 21.9. The first-order chi connectivity index (χ1) is 15.1. The van der Waals surface area contributed by atoms with Crippen LogP contribution in [-0.4, -0.2) is 41.8 Å². The van der Waals surface area contributed by atoms with Crippen LogP contribution in [0.4, 0.5) is 5.69 Å². The first-order valence-corrected chi connectivity index (χ1v) is 10.5. The molecule has 0 saturated carbocycles. The Labute approximate surface area is 187 Å². The molecular formula is C24H26ClN3O3. The van der Waals surface area contributed by atoms with E-state index in [0.717, 1.165) is 30.0 Å². The van der Waals surface area contributed by atoms with E-state index < -0.39 is 6.10 Å². The summed E-state index contributed by atoms with van der Waals surface area (Å²) in [5.41, 5.74) is 2.50. The lowest BCUT2D eigenvalue weighted by Crippen LogP contribution is -2.32. The largest absolute Gasteiger partial charge is 0.491 e. The van der Waals surface area contributed by atoms with Gasteiger partial charge in [0.2, 0.25) is 5.91 Å². The first-order valence-electron chi connectivity index (χ1n) is 10.2. The van der Waals surface area contributed by atoms with E-state index in [4.69, 9.17) is 16.3 Å². The van der Waals surface area contributed by atoms with Crippen molar-refractivity contribution in [3.63, 3.8) is 0 Å². The summed E-state index contributed by atoms with van der Waals surface area (Å²) in [5.74, 6) is 0.605. The predicted octanol–water partition coefficient (Wildman–Crippen LogP) is 3.49. The van der Waals surface area contributed by atoms with E-state index in [2.05, 4.69) is 15.6 Å². The summed E-state index contributed by atoms with van der Waals surface area (Å²) in [7, 11) is 0. The number of pyridine rings is 1. The van der Waals surface area contributed by atoms with Crippen LogP contribution in [0, 0.1) is 0 Å². The number of aromatic nitrogens is 1. The number of carbonyl (C=O) groups excluding carboxylic acids is 1. The van der Waals surface area contributed by atoms with Crippen molar-refractivity contribution in [1.29, 1.82) is 0 Å². The average molecular weight is 440 g/mol. The molecule has 162 valence electrons. The Morgan fingerprint density at radius 3 is 2.55 bits per heavy atom. The van der Waals surface area contributed by atoms with Crippen molar-refractivity contribution in [3.05, 3.63) is 89.2 Å². The van der Waals surface area contributed by atoms with Crippen LogP contribution in [-0.2, 0) is 17.6 Å². The highest BCUT2D eigenvalue weighted by Crippen LogP contribution is 2.12. The van der Waals surface area contributed by atoms with Gasteiger partial charge in [-0.15, -0.1) is 0 Å². The molecule has 2 aromatic carbocycles. The summed E-state index contributed by atoms with van der Waals surface area (Å²) in [6, 6.07) is 22.4. The third-order valence-electron chi connectivity index (χ3n) is 4.51. The lowest BCUT2D eigenvalue weighted by Gasteiger charge is -2.13. The van der Waals surface area contributed by atoms with E-state index in [0.29, 0.717) is 17.4 Å². The molecule has 0 aliphatic heterocycles. The van der Waals surface area contributed by atoms with Gasteiger partial charge in [0.15, 0.2) is 0 Å². The van der Waals surface area contributed by atoms with E-state index in [-0.39, 0.29) is 18.9 Å². The van der Waals surface area contributed by atoms with Crippen molar-refractivity contribution in [2.45, 2.75) is 18.9 Å². The van der Waals surface area contributed by atoms with Crippen molar-refractivity contribution >= 4 is 23.2 Å². The van der Waals surface area contributed by atoms with Gasteiger partial charge in [-0.25, -0.2) is 4.98 Å². The van der Waals surface area contributed by atoms with Crippen molar-refractivity contribution in [2.75, 3.05) is 25.0 Å². The lowest BCUT2D eigenvalue weighted by atomic mass is 10.1. The third-order valence-corrected chi connectivity index (χ3v) is 4.72. The van der Waals surface area contributed by atoms with Gasteiger partial charge < -0.3 is 20.5 Å². The number of carbonyl (C=O) groups is 1. The summed E-state index contributed by atoms with van der Waals surface area (Å²) < 4.78 is 5.54. The summed E-state index contributed by atoms with van der Waals surface area (Å²) in [6.45, 7) is 1.43. The Balaban J connectivity index is 1.33. The molecule has 1 amide bonds. The highest BCUT2D eigenvalue weighted by Gasteiger charge is 2.07. The number of aliphatic hydroxyl groups is 1. The molecule has 0 aliphatic carbocycles. The van der Waals surface area contributed by atoms with Gasteiger partial charge in [-0.2, -0.15) is 0 Å². The fourth-order valence-electron chi connectivity index (χ4n) is 2.94. The van der Waals surface area contributed by atoms with Crippen molar-refractivity contribution in [1.82, 2.24) is 10.3 Å². The number of ether oxygens (including phenoxy) is 1. The molecule has 0 radical (unpaired) electrons. The molecule has 7 heteroatoms. The number of halogens is 1. The lowest BCUT2D eigenvalue weighted by molar-refractivity contribution is -0.115. The molecular weight excluding hydrogens is 414 g/mol. The Kier molecular flexibility index (Phi) is 8.84. The van der Waals surface area contributed by atoms with E-state index >= 15 is 0 Å². The molecule has 0 unspecified atom stereocenters. The van der Waals surface area contributed by atoms with Crippen molar-refractivity contribution in [3.8, 4) is 5.75 Å². The minimum Gasteiger partial charge on any atom is -0.491 e. The molecule has 31 heavy (non-hydrogen) atoms. The smallest absolute Gasteiger partial charge is 0.230 e. The van der Waals surface area contributed by atoms with Crippen LogP contribution >= 0.6 is 11.6 Å². The summed E-state index contributed by atoms with van der Waals surface area (Å²) in [5, 5.41) is 16.5. The second-order valence-corrected chi connectivity index (χ2v) is 7.49. The van der Waals surface area contributed by atoms with Crippen LogP contribution in [0.2, 0.25) is 5.15 Å². The van der Waals surface area contributed by atoms with Gasteiger partial charge in [0, 0.05) is 12.2 Å². The normalized spacial score (nSPS) is 11.7. The van der Waals surface area contributed by atoms with Crippen molar-refractivity contribution < 1.29 is 14.6 Å². The van der Waals surface area contributed by atoms with Gasteiger partial charge >= 0.3 is 0 Å². The van der Waals surface area contributed by atoms with Gasteiger partial charge in [-0.05, 0) is 54.9 Å². The maximum absolute atomic E-state index is 12.2. The maximum atomic E-state index is 12.2. The van der Waals surface area contributed by atoms with Gasteiger partial charge in [0.25, 0.3) is 0 Å². The molecule has 0 fully saturated rings. The van der Waals surface area contributed by atoms with E-state index in [1.54, 1.807) is 18.2 Å². The Morgan fingerprint density at radius 1 is 1.03 bits per heavy atom. The molecule has 1 heterocycles. The first kappa shape index (κ1) is 22.7. The summed E-state index contributed by atoms with van der Waals surface area (Å²) in [4.78, 5) is 16.3. The number of nitrogens with one attached hydrogen (secondary N) is 2. The molecule has 3 rings (SSSR count). The maximum Gasteiger partial charge on any atom is 0.230 e. The molecule has 0 aliphatic rings. The molecule has 6 nitrogen and oxygen atoms in total. The number of benzene rings is 2. The molecule has 3 N–H and O–H groups in total. The van der Waals surface area contributed by atoms with Crippen LogP contribution in [0.15, 0.2) is 72.8 Å². The minimum atomic E-state index is -0.577. The zero-order valence-corrected chi connectivity index (χ0v) is 17.9. The number of anilines is 1. The van der Waals surface area contributed by atoms with E-state index in [1.807, 2.05) is 54.6 Å². The second kappa shape index (κ2) is 12.1. The SMILES string of the molecule is O=C(Cc1cccc(Cl)n1)Nc1ccc(CCNC[C@H](O)COc2ccccc2)cc1.